The van der Waals surface area contributed by atoms with E-state index in [1.165, 1.54) is 12.0 Å². The Morgan fingerprint density at radius 1 is 1.38 bits per heavy atom. The van der Waals surface area contributed by atoms with Gasteiger partial charge in [0.25, 0.3) is 0 Å². The van der Waals surface area contributed by atoms with Crippen LogP contribution in [0.1, 0.15) is 36.8 Å². The molecule has 1 aliphatic carbocycles. The lowest BCUT2D eigenvalue weighted by atomic mass is 9.74. The van der Waals surface area contributed by atoms with Crippen molar-refractivity contribution < 1.29 is 9.94 Å². The van der Waals surface area contributed by atoms with Crippen LogP contribution in [0.15, 0.2) is 23.4 Å². The summed E-state index contributed by atoms with van der Waals surface area (Å²) >= 11 is 0. The van der Waals surface area contributed by atoms with Crippen LogP contribution in [0.25, 0.3) is 0 Å². The van der Waals surface area contributed by atoms with Gasteiger partial charge in [-0.25, -0.2) is 0 Å². The fourth-order valence-corrected chi connectivity index (χ4v) is 2.56. The van der Waals surface area contributed by atoms with Gasteiger partial charge in [0, 0.05) is 12.0 Å². The minimum Gasteiger partial charge on any atom is -0.486 e. The van der Waals surface area contributed by atoms with Gasteiger partial charge >= 0.3 is 0 Å². The molecule has 1 aromatic carbocycles. The predicted octanol–water partition coefficient (Wildman–Crippen LogP) is 2.88. The van der Waals surface area contributed by atoms with Gasteiger partial charge in [0.15, 0.2) is 0 Å². The number of fused-ring (bicyclic) bond motifs is 1. The Morgan fingerprint density at radius 2 is 2.19 bits per heavy atom. The van der Waals surface area contributed by atoms with Gasteiger partial charge in [-0.15, -0.1) is 0 Å². The van der Waals surface area contributed by atoms with E-state index >= 15 is 0 Å². The van der Waals surface area contributed by atoms with Crippen LogP contribution in [0.5, 0.6) is 5.75 Å². The molecule has 1 aromatic rings. The van der Waals surface area contributed by atoms with E-state index in [1.54, 1.807) is 0 Å². The van der Waals surface area contributed by atoms with Gasteiger partial charge < -0.3 is 9.94 Å². The van der Waals surface area contributed by atoms with Crippen molar-refractivity contribution >= 4 is 5.71 Å². The summed E-state index contributed by atoms with van der Waals surface area (Å²) in [5.41, 5.74) is 2.79. The third-order valence-corrected chi connectivity index (χ3v) is 3.65. The molecular formula is C13H15NO2. The average Bonchev–Trinajstić information content (AvgIpc) is 2.24. The molecule has 2 aliphatic rings. The van der Waals surface area contributed by atoms with E-state index in [4.69, 9.17) is 9.94 Å². The van der Waals surface area contributed by atoms with Crippen LogP contribution in [0.2, 0.25) is 0 Å². The normalized spacial score (nSPS) is 23.7. The van der Waals surface area contributed by atoms with Crippen LogP contribution in [0, 0.1) is 6.92 Å². The van der Waals surface area contributed by atoms with E-state index in [0.29, 0.717) is 0 Å². The maximum absolute atomic E-state index is 9.09. The Kier molecular flexibility index (Phi) is 1.96. The summed E-state index contributed by atoms with van der Waals surface area (Å²) in [7, 11) is 0. The highest BCUT2D eigenvalue weighted by atomic mass is 16.5. The first-order valence-corrected chi connectivity index (χ1v) is 5.73. The van der Waals surface area contributed by atoms with Crippen LogP contribution in [-0.2, 0) is 0 Å². The van der Waals surface area contributed by atoms with Crippen LogP contribution in [0.4, 0.5) is 0 Å². The van der Waals surface area contributed by atoms with Gasteiger partial charge in [0.1, 0.15) is 11.4 Å². The summed E-state index contributed by atoms with van der Waals surface area (Å²) in [6.45, 7) is 2.04. The number of nitrogens with zero attached hydrogens (tertiary/aromatic N) is 1. The van der Waals surface area contributed by atoms with E-state index in [2.05, 4.69) is 5.16 Å². The quantitative estimate of drug-likeness (QED) is 0.536. The Morgan fingerprint density at radius 3 is 2.81 bits per heavy atom. The molecule has 0 unspecified atom stereocenters. The molecule has 1 aliphatic heterocycles. The molecule has 16 heavy (non-hydrogen) atoms. The summed E-state index contributed by atoms with van der Waals surface area (Å²) < 4.78 is 6.08. The number of ether oxygens (including phenoxy) is 1. The highest BCUT2D eigenvalue weighted by Gasteiger charge is 2.44. The van der Waals surface area contributed by atoms with E-state index in [-0.39, 0.29) is 5.60 Å². The zero-order chi connectivity index (χ0) is 11.2. The Hall–Kier alpha value is -1.51. The number of rotatable bonds is 0. The second-order valence-electron chi connectivity index (χ2n) is 4.86. The highest BCUT2D eigenvalue weighted by molar-refractivity contribution is 6.04. The van der Waals surface area contributed by atoms with Crippen molar-refractivity contribution in [1.82, 2.24) is 0 Å². The molecular weight excluding hydrogens is 202 g/mol. The number of benzene rings is 1. The molecule has 0 bridgehead atoms. The first kappa shape index (κ1) is 9.70. The second kappa shape index (κ2) is 3.24. The lowest BCUT2D eigenvalue weighted by molar-refractivity contribution is -0.00548. The van der Waals surface area contributed by atoms with E-state index in [9.17, 15) is 0 Å². The smallest absolute Gasteiger partial charge is 0.129 e. The number of aryl methyl sites for hydroxylation is 1. The molecule has 1 N–H and O–H groups in total. The fraction of sp³-hybridized carbons (Fsp3) is 0.462. The van der Waals surface area contributed by atoms with E-state index in [1.807, 2.05) is 25.1 Å². The molecule has 3 nitrogen and oxygen atoms in total. The van der Waals surface area contributed by atoms with Crippen molar-refractivity contribution in [2.24, 2.45) is 5.16 Å². The monoisotopic (exact) mass is 217 g/mol. The first-order chi connectivity index (χ1) is 7.72. The molecule has 0 aromatic heterocycles. The molecule has 0 radical (unpaired) electrons. The molecule has 1 spiro atoms. The summed E-state index contributed by atoms with van der Waals surface area (Å²) in [6.07, 6.45) is 4.08. The Bertz CT molecular complexity index is 461. The van der Waals surface area contributed by atoms with Gasteiger partial charge in [0.05, 0.1) is 5.71 Å². The van der Waals surface area contributed by atoms with Crippen molar-refractivity contribution in [2.45, 2.75) is 38.2 Å². The lowest BCUT2D eigenvalue weighted by Gasteiger charge is -2.45. The van der Waals surface area contributed by atoms with Crippen molar-refractivity contribution in [2.75, 3.05) is 0 Å². The fourth-order valence-electron chi connectivity index (χ4n) is 2.56. The van der Waals surface area contributed by atoms with Crippen molar-refractivity contribution in [1.29, 1.82) is 0 Å². The van der Waals surface area contributed by atoms with Crippen molar-refractivity contribution in [3.63, 3.8) is 0 Å². The summed E-state index contributed by atoms with van der Waals surface area (Å²) in [5.74, 6) is 0.874. The van der Waals surface area contributed by atoms with Crippen LogP contribution < -0.4 is 4.74 Å². The second-order valence-corrected chi connectivity index (χ2v) is 4.86. The Balaban J connectivity index is 2.08. The highest BCUT2D eigenvalue weighted by Crippen LogP contribution is 2.45. The maximum Gasteiger partial charge on any atom is 0.129 e. The van der Waals surface area contributed by atoms with E-state index < -0.39 is 0 Å². The molecule has 0 amide bonds. The average molecular weight is 217 g/mol. The minimum absolute atomic E-state index is 0.0810. The van der Waals surface area contributed by atoms with Gasteiger partial charge in [-0.05, 0) is 43.9 Å². The largest absolute Gasteiger partial charge is 0.486 e. The standard InChI is InChI=1S/C13H15NO2/c1-9-3-4-10-11(14-15)8-13(5-2-6-13)16-12(10)7-9/h3-4,7,15H,2,5-6,8H2,1H3/b14-11-. The molecule has 1 saturated carbocycles. The molecule has 3 rings (SSSR count). The van der Waals surface area contributed by atoms with Gasteiger partial charge in [-0.3, -0.25) is 0 Å². The third kappa shape index (κ3) is 1.31. The van der Waals surface area contributed by atoms with Crippen LogP contribution in [0.3, 0.4) is 0 Å². The Labute approximate surface area is 94.7 Å². The summed E-state index contributed by atoms with van der Waals surface area (Å²) in [4.78, 5) is 0. The summed E-state index contributed by atoms with van der Waals surface area (Å²) in [5, 5.41) is 12.5. The molecule has 84 valence electrons. The number of oxime groups is 1. The third-order valence-electron chi connectivity index (χ3n) is 3.65. The maximum atomic E-state index is 9.09. The molecule has 0 saturated heterocycles. The van der Waals surface area contributed by atoms with Gasteiger partial charge in [0.2, 0.25) is 0 Å². The summed E-state index contributed by atoms with van der Waals surface area (Å²) in [6, 6.07) is 6.02. The zero-order valence-electron chi connectivity index (χ0n) is 9.36. The van der Waals surface area contributed by atoms with Gasteiger partial charge in [-0.2, -0.15) is 0 Å². The lowest BCUT2D eigenvalue weighted by Crippen LogP contribution is -2.47. The molecule has 3 heteroatoms. The van der Waals surface area contributed by atoms with Crippen molar-refractivity contribution in [3.8, 4) is 5.75 Å². The SMILES string of the molecule is Cc1ccc2c(c1)OC1(CCC1)C/C2=N/O. The molecule has 1 fully saturated rings. The van der Waals surface area contributed by atoms with Crippen molar-refractivity contribution in [3.05, 3.63) is 29.3 Å². The molecule has 0 atom stereocenters. The minimum atomic E-state index is -0.0810. The van der Waals surface area contributed by atoms with Gasteiger partial charge in [-0.1, -0.05) is 11.2 Å². The number of hydrogen-bond acceptors (Lipinski definition) is 3. The molecule has 1 heterocycles. The van der Waals surface area contributed by atoms with E-state index in [0.717, 1.165) is 36.3 Å². The number of hydrogen-bond donors (Lipinski definition) is 1. The topological polar surface area (TPSA) is 41.8 Å². The first-order valence-electron chi connectivity index (χ1n) is 5.73. The van der Waals surface area contributed by atoms with Crippen LogP contribution in [-0.4, -0.2) is 16.5 Å². The predicted molar refractivity (Wildman–Crippen MR) is 61.3 cm³/mol. The van der Waals surface area contributed by atoms with Crippen LogP contribution >= 0.6 is 0 Å². The zero-order valence-corrected chi connectivity index (χ0v) is 9.36.